The molecule has 1 atom stereocenters. The van der Waals surface area contributed by atoms with E-state index in [1.54, 1.807) is 0 Å². The summed E-state index contributed by atoms with van der Waals surface area (Å²) in [7, 11) is 0. The van der Waals surface area contributed by atoms with Crippen molar-refractivity contribution in [3.05, 3.63) is 93.2 Å². The highest BCUT2D eigenvalue weighted by Gasteiger charge is 2.56. The van der Waals surface area contributed by atoms with Crippen LogP contribution in [0, 0.1) is 5.82 Å². The fraction of sp³-hybridized carbons (Fsp3) is 0.200. The number of amides is 2. The Morgan fingerprint density at radius 3 is 2.42 bits per heavy atom. The molecule has 0 spiro atoms. The maximum absolute atomic E-state index is 14.9. The van der Waals surface area contributed by atoms with Crippen LogP contribution in [0.2, 0.25) is 10.0 Å². The van der Waals surface area contributed by atoms with Crippen LogP contribution in [0.4, 0.5) is 24.5 Å². The number of halogens is 5. The summed E-state index contributed by atoms with van der Waals surface area (Å²) in [6.45, 7) is -1.72. The molecule has 36 heavy (non-hydrogen) atoms. The average Bonchev–Trinajstić information content (AvgIpc) is 2.93. The van der Waals surface area contributed by atoms with Crippen LogP contribution in [0.3, 0.4) is 0 Å². The van der Waals surface area contributed by atoms with Crippen LogP contribution in [0.5, 0.6) is 0 Å². The van der Waals surface area contributed by atoms with E-state index < -0.39 is 48.7 Å². The number of carbonyl (C=O) groups excluding carboxylic acids is 2. The Labute approximate surface area is 213 Å². The molecule has 4 rings (SSSR count). The lowest BCUT2D eigenvalue weighted by Gasteiger charge is -2.33. The van der Waals surface area contributed by atoms with Gasteiger partial charge in [0.05, 0.1) is 22.9 Å². The van der Waals surface area contributed by atoms with Crippen LogP contribution in [-0.4, -0.2) is 41.1 Å². The number of alkyl halides is 2. The quantitative estimate of drug-likeness (QED) is 0.423. The Bertz CT molecular complexity index is 1340. The van der Waals surface area contributed by atoms with Crippen LogP contribution in [0.15, 0.2) is 60.7 Å². The van der Waals surface area contributed by atoms with Crippen molar-refractivity contribution in [1.29, 1.82) is 0 Å². The molecule has 1 heterocycles. The summed E-state index contributed by atoms with van der Waals surface area (Å²) in [5.41, 5.74) is -3.01. The van der Waals surface area contributed by atoms with Crippen molar-refractivity contribution >= 4 is 46.4 Å². The minimum Gasteiger partial charge on any atom is -0.393 e. The number of rotatable bonds is 4. The van der Waals surface area contributed by atoms with E-state index in [-0.39, 0.29) is 38.1 Å². The molecule has 188 valence electrons. The number of nitrogens with zero attached hydrogens (tertiary/aromatic N) is 1. The van der Waals surface area contributed by atoms with Crippen molar-refractivity contribution in [2.45, 2.75) is 17.9 Å². The summed E-state index contributed by atoms with van der Waals surface area (Å²) < 4.78 is 43.4. The van der Waals surface area contributed by atoms with Crippen LogP contribution in [0.25, 0.3) is 0 Å². The maximum Gasteiger partial charge on any atom is 0.284 e. The standard InChI is InChI=1S/C25H19Cl2F3N2O4/c26-15-6-9-20-18(12-15)24(36,13-33)25(29,30)10-11-32(20)23(35)14-4-7-16(8-5-14)31-22(34)17-2-1-3-19(28)21(17)27/h1-9,12,33,36H,10-11,13H2,(H,31,34)/t24-/m0/s1. The van der Waals surface area contributed by atoms with Gasteiger partial charge in [-0.25, -0.2) is 13.2 Å². The zero-order valence-corrected chi connectivity index (χ0v) is 20.0. The van der Waals surface area contributed by atoms with Gasteiger partial charge in [0, 0.05) is 34.8 Å². The van der Waals surface area contributed by atoms with Gasteiger partial charge in [0.1, 0.15) is 5.82 Å². The number of benzene rings is 3. The second-order valence-corrected chi connectivity index (χ2v) is 9.04. The van der Waals surface area contributed by atoms with E-state index >= 15 is 0 Å². The molecule has 3 N–H and O–H groups in total. The van der Waals surface area contributed by atoms with Gasteiger partial charge in [-0.15, -0.1) is 0 Å². The van der Waals surface area contributed by atoms with Gasteiger partial charge in [-0.1, -0.05) is 29.3 Å². The zero-order chi connectivity index (χ0) is 26.3. The van der Waals surface area contributed by atoms with Gasteiger partial charge in [-0.05, 0) is 54.6 Å². The topological polar surface area (TPSA) is 89.9 Å². The molecule has 1 aliphatic rings. The summed E-state index contributed by atoms with van der Waals surface area (Å²) in [6, 6.07) is 13.2. The van der Waals surface area contributed by atoms with Gasteiger partial charge < -0.3 is 20.4 Å². The van der Waals surface area contributed by atoms with Gasteiger partial charge in [0.2, 0.25) is 0 Å². The molecule has 0 bridgehead atoms. The highest BCUT2D eigenvalue weighted by molar-refractivity contribution is 6.34. The molecule has 0 aromatic heterocycles. The molecule has 11 heteroatoms. The first-order chi connectivity index (χ1) is 17.0. The fourth-order valence-corrected chi connectivity index (χ4v) is 4.38. The first kappa shape index (κ1) is 26.0. The number of fused-ring (bicyclic) bond motifs is 1. The minimum absolute atomic E-state index is 0.0174. The monoisotopic (exact) mass is 538 g/mol. The number of aliphatic hydroxyl groups is 2. The number of anilines is 2. The largest absolute Gasteiger partial charge is 0.393 e. The lowest BCUT2D eigenvalue weighted by Crippen LogP contribution is -2.48. The first-order valence-electron chi connectivity index (χ1n) is 10.7. The van der Waals surface area contributed by atoms with Crippen LogP contribution in [-0.2, 0) is 5.60 Å². The fourth-order valence-electron chi connectivity index (χ4n) is 3.99. The molecule has 2 amide bonds. The number of hydrogen-bond donors (Lipinski definition) is 3. The summed E-state index contributed by atoms with van der Waals surface area (Å²) >= 11 is 11.8. The van der Waals surface area contributed by atoms with Crippen molar-refractivity contribution in [3.8, 4) is 0 Å². The van der Waals surface area contributed by atoms with Crippen molar-refractivity contribution < 1.29 is 33.0 Å². The lowest BCUT2D eigenvalue weighted by molar-refractivity contribution is -0.205. The van der Waals surface area contributed by atoms with Crippen molar-refractivity contribution in [2.24, 2.45) is 0 Å². The maximum atomic E-state index is 14.9. The van der Waals surface area contributed by atoms with Gasteiger partial charge in [-0.2, -0.15) is 0 Å². The second-order valence-electron chi connectivity index (χ2n) is 8.22. The van der Waals surface area contributed by atoms with Crippen LogP contribution in [0.1, 0.15) is 32.7 Å². The third kappa shape index (κ3) is 4.55. The molecule has 0 aliphatic carbocycles. The molecule has 0 radical (unpaired) electrons. The van der Waals surface area contributed by atoms with Crippen LogP contribution < -0.4 is 10.2 Å². The van der Waals surface area contributed by atoms with Gasteiger partial charge in [0.15, 0.2) is 5.60 Å². The molecule has 0 unspecified atom stereocenters. The normalized spacial score (nSPS) is 18.8. The Morgan fingerprint density at radius 2 is 1.75 bits per heavy atom. The van der Waals surface area contributed by atoms with Crippen LogP contribution >= 0.6 is 23.2 Å². The minimum atomic E-state index is -3.75. The van der Waals surface area contributed by atoms with E-state index in [9.17, 15) is 33.0 Å². The predicted octanol–water partition coefficient (Wildman–Crippen LogP) is 5.25. The lowest BCUT2D eigenvalue weighted by atomic mass is 9.86. The Hall–Kier alpha value is -3.11. The van der Waals surface area contributed by atoms with E-state index in [2.05, 4.69) is 5.32 Å². The van der Waals surface area contributed by atoms with Crippen molar-refractivity contribution in [1.82, 2.24) is 0 Å². The van der Waals surface area contributed by atoms with E-state index in [4.69, 9.17) is 23.2 Å². The molecular formula is C25H19Cl2F3N2O4. The number of aliphatic hydroxyl groups excluding tert-OH is 1. The highest BCUT2D eigenvalue weighted by atomic mass is 35.5. The molecule has 0 saturated heterocycles. The summed E-state index contributed by atoms with van der Waals surface area (Å²) in [4.78, 5) is 26.8. The highest BCUT2D eigenvalue weighted by Crippen LogP contribution is 2.47. The third-order valence-corrected chi connectivity index (χ3v) is 6.63. The molecule has 0 saturated carbocycles. The van der Waals surface area contributed by atoms with Crippen molar-refractivity contribution in [3.63, 3.8) is 0 Å². The average molecular weight is 539 g/mol. The number of nitrogens with one attached hydrogen (secondary N) is 1. The molecule has 3 aromatic carbocycles. The summed E-state index contributed by atoms with van der Waals surface area (Å²) in [5.74, 6) is -5.81. The van der Waals surface area contributed by atoms with Gasteiger partial charge in [0.25, 0.3) is 17.7 Å². The Balaban J connectivity index is 1.62. The smallest absolute Gasteiger partial charge is 0.284 e. The van der Waals surface area contributed by atoms with Gasteiger partial charge in [-0.3, -0.25) is 9.59 Å². The molecular weight excluding hydrogens is 520 g/mol. The molecule has 3 aromatic rings. The predicted molar refractivity (Wildman–Crippen MR) is 129 cm³/mol. The SMILES string of the molecule is O=C(Nc1ccc(C(=O)N2CCC(F)(F)[C@](O)(CO)c3cc(Cl)ccc32)cc1)c1cccc(F)c1Cl. The Morgan fingerprint density at radius 1 is 1.06 bits per heavy atom. The van der Waals surface area contributed by atoms with E-state index in [0.29, 0.717) is 0 Å². The van der Waals surface area contributed by atoms with E-state index in [1.165, 1.54) is 48.5 Å². The number of carbonyl (C=O) groups is 2. The third-order valence-electron chi connectivity index (χ3n) is 6.01. The van der Waals surface area contributed by atoms with Gasteiger partial charge >= 0.3 is 0 Å². The first-order valence-corrected chi connectivity index (χ1v) is 11.4. The van der Waals surface area contributed by atoms with Crippen molar-refractivity contribution in [2.75, 3.05) is 23.4 Å². The van der Waals surface area contributed by atoms with E-state index in [0.717, 1.165) is 17.0 Å². The summed E-state index contributed by atoms with van der Waals surface area (Å²) in [5, 5.41) is 22.6. The molecule has 0 fully saturated rings. The number of hydrogen-bond acceptors (Lipinski definition) is 4. The second kappa shape index (κ2) is 9.74. The Kier molecular flexibility index (Phi) is 7.03. The summed E-state index contributed by atoms with van der Waals surface area (Å²) in [6.07, 6.45) is -0.912. The molecule has 1 aliphatic heterocycles. The van der Waals surface area contributed by atoms with E-state index in [1.807, 2.05) is 0 Å². The molecule has 6 nitrogen and oxygen atoms in total. The zero-order valence-electron chi connectivity index (χ0n) is 18.4.